The largest absolute Gasteiger partial charge is 0.396 e. The fourth-order valence-corrected chi connectivity index (χ4v) is 2.43. The summed E-state index contributed by atoms with van der Waals surface area (Å²) in [7, 11) is 0. The Morgan fingerprint density at radius 3 is 2.72 bits per heavy atom. The lowest BCUT2D eigenvalue weighted by atomic mass is 9.90. The molecule has 3 heteroatoms. The van der Waals surface area contributed by atoms with Crippen molar-refractivity contribution in [2.24, 2.45) is 0 Å². The molecule has 1 aliphatic carbocycles. The lowest BCUT2D eigenvalue weighted by molar-refractivity contribution is 0.112. The quantitative estimate of drug-likeness (QED) is 0.785. The highest BCUT2D eigenvalue weighted by Gasteiger charge is 2.24. The Bertz CT molecular complexity index is 413. The van der Waals surface area contributed by atoms with E-state index in [0.29, 0.717) is 6.04 Å². The van der Waals surface area contributed by atoms with Gasteiger partial charge in [0.1, 0.15) is 6.29 Å². The zero-order chi connectivity index (χ0) is 13.0. The number of hydrogen-bond acceptors (Lipinski definition) is 3. The van der Waals surface area contributed by atoms with E-state index >= 15 is 0 Å². The van der Waals surface area contributed by atoms with E-state index in [1.54, 1.807) is 0 Å². The van der Waals surface area contributed by atoms with E-state index in [2.05, 4.69) is 11.0 Å². The van der Waals surface area contributed by atoms with Gasteiger partial charge >= 0.3 is 0 Å². The first-order valence-corrected chi connectivity index (χ1v) is 6.69. The molecule has 0 amide bonds. The highest BCUT2D eigenvalue weighted by Crippen LogP contribution is 2.30. The number of carbonyl (C=O) groups is 1. The molecule has 1 saturated carbocycles. The van der Waals surface area contributed by atoms with E-state index in [0.717, 1.165) is 30.4 Å². The number of rotatable bonds is 6. The summed E-state index contributed by atoms with van der Waals surface area (Å²) in [6, 6.07) is 6.60. The highest BCUT2D eigenvalue weighted by molar-refractivity contribution is 5.78. The standard InChI is InChI=1S/C15H21NO2/c1-12-10-15(7-6-13(12)11-18)16(8-3-9-17)14-4-2-5-14/h6-7,10-11,14,17H,2-5,8-9H2,1H3. The fraction of sp³-hybridized carbons (Fsp3) is 0.533. The van der Waals surface area contributed by atoms with Gasteiger partial charge < -0.3 is 10.0 Å². The number of hydrogen-bond donors (Lipinski definition) is 1. The van der Waals surface area contributed by atoms with Crippen LogP contribution in [0, 0.1) is 6.92 Å². The lowest BCUT2D eigenvalue weighted by Gasteiger charge is -2.39. The van der Waals surface area contributed by atoms with E-state index in [1.807, 2.05) is 19.1 Å². The molecule has 0 saturated heterocycles. The van der Waals surface area contributed by atoms with E-state index in [9.17, 15) is 4.79 Å². The summed E-state index contributed by atoms with van der Waals surface area (Å²) in [6.45, 7) is 3.09. The molecule has 1 N–H and O–H groups in total. The first-order valence-electron chi connectivity index (χ1n) is 6.69. The van der Waals surface area contributed by atoms with Gasteiger partial charge in [-0.25, -0.2) is 0 Å². The van der Waals surface area contributed by atoms with Gasteiger partial charge in [-0.1, -0.05) is 0 Å². The highest BCUT2D eigenvalue weighted by atomic mass is 16.3. The van der Waals surface area contributed by atoms with Crippen molar-refractivity contribution in [3.8, 4) is 0 Å². The predicted octanol–water partition coefficient (Wildman–Crippen LogP) is 2.55. The molecule has 0 aromatic heterocycles. The van der Waals surface area contributed by atoms with Crippen LogP contribution in [-0.4, -0.2) is 30.6 Å². The topological polar surface area (TPSA) is 40.5 Å². The van der Waals surface area contributed by atoms with Gasteiger partial charge in [0.15, 0.2) is 0 Å². The van der Waals surface area contributed by atoms with Crippen molar-refractivity contribution in [1.29, 1.82) is 0 Å². The van der Waals surface area contributed by atoms with Crippen LogP contribution in [0.15, 0.2) is 18.2 Å². The SMILES string of the molecule is Cc1cc(N(CCCO)C2CCC2)ccc1C=O. The summed E-state index contributed by atoms with van der Waals surface area (Å²) < 4.78 is 0. The van der Waals surface area contributed by atoms with Gasteiger partial charge in [-0.05, 0) is 56.4 Å². The van der Waals surface area contributed by atoms with Crippen LogP contribution in [0.2, 0.25) is 0 Å². The molecule has 98 valence electrons. The molecule has 0 heterocycles. The summed E-state index contributed by atoms with van der Waals surface area (Å²) in [6.07, 6.45) is 5.47. The number of nitrogens with zero attached hydrogens (tertiary/aromatic N) is 1. The molecular formula is C15H21NO2. The van der Waals surface area contributed by atoms with Crippen LogP contribution in [0.25, 0.3) is 0 Å². The molecule has 0 atom stereocenters. The Labute approximate surface area is 108 Å². The number of aldehydes is 1. The molecule has 18 heavy (non-hydrogen) atoms. The maximum absolute atomic E-state index is 10.8. The van der Waals surface area contributed by atoms with E-state index in [1.165, 1.54) is 24.9 Å². The Morgan fingerprint density at radius 1 is 1.44 bits per heavy atom. The molecule has 1 aliphatic rings. The normalized spacial score (nSPS) is 15.2. The summed E-state index contributed by atoms with van der Waals surface area (Å²) in [4.78, 5) is 13.2. The van der Waals surface area contributed by atoms with Gasteiger partial charge in [-0.15, -0.1) is 0 Å². The molecule has 0 bridgehead atoms. The first-order chi connectivity index (χ1) is 8.76. The van der Waals surface area contributed by atoms with Gasteiger partial charge in [-0.2, -0.15) is 0 Å². The number of aliphatic hydroxyl groups excluding tert-OH is 1. The second-order valence-corrected chi connectivity index (χ2v) is 5.01. The van der Waals surface area contributed by atoms with Gasteiger partial charge in [0, 0.05) is 30.4 Å². The zero-order valence-corrected chi connectivity index (χ0v) is 10.9. The molecular weight excluding hydrogens is 226 g/mol. The van der Waals surface area contributed by atoms with Crippen LogP contribution < -0.4 is 4.90 Å². The van der Waals surface area contributed by atoms with Gasteiger partial charge in [-0.3, -0.25) is 4.79 Å². The van der Waals surface area contributed by atoms with Crippen molar-refractivity contribution in [2.75, 3.05) is 18.1 Å². The van der Waals surface area contributed by atoms with Crippen LogP contribution in [0.1, 0.15) is 41.6 Å². The molecule has 1 fully saturated rings. The molecule has 2 rings (SSSR count). The third-order valence-electron chi connectivity index (χ3n) is 3.78. The minimum atomic E-state index is 0.231. The Balaban J connectivity index is 2.18. The summed E-state index contributed by atoms with van der Waals surface area (Å²) in [5, 5.41) is 9.00. The van der Waals surface area contributed by atoms with Crippen molar-refractivity contribution < 1.29 is 9.90 Å². The average molecular weight is 247 g/mol. The molecule has 1 aromatic carbocycles. The molecule has 1 aromatic rings. The second kappa shape index (κ2) is 6.01. The first kappa shape index (κ1) is 13.1. The third-order valence-corrected chi connectivity index (χ3v) is 3.78. The number of aryl methyl sites for hydroxylation is 1. The van der Waals surface area contributed by atoms with Crippen molar-refractivity contribution in [3.63, 3.8) is 0 Å². The van der Waals surface area contributed by atoms with Gasteiger partial charge in [0.25, 0.3) is 0 Å². The lowest BCUT2D eigenvalue weighted by Crippen LogP contribution is -2.41. The average Bonchev–Trinajstić information content (AvgIpc) is 2.32. The van der Waals surface area contributed by atoms with Crippen LogP contribution in [0.3, 0.4) is 0 Å². The molecule has 0 spiro atoms. The van der Waals surface area contributed by atoms with Crippen molar-refractivity contribution in [1.82, 2.24) is 0 Å². The number of anilines is 1. The Hall–Kier alpha value is -1.35. The van der Waals surface area contributed by atoms with E-state index in [4.69, 9.17) is 5.11 Å². The number of benzene rings is 1. The second-order valence-electron chi connectivity index (χ2n) is 5.01. The minimum Gasteiger partial charge on any atom is -0.396 e. The summed E-state index contributed by atoms with van der Waals surface area (Å²) >= 11 is 0. The number of aliphatic hydroxyl groups is 1. The van der Waals surface area contributed by atoms with E-state index < -0.39 is 0 Å². The third kappa shape index (κ3) is 2.72. The van der Waals surface area contributed by atoms with Crippen LogP contribution in [0.4, 0.5) is 5.69 Å². The van der Waals surface area contributed by atoms with Crippen LogP contribution in [-0.2, 0) is 0 Å². The van der Waals surface area contributed by atoms with Crippen molar-refractivity contribution in [2.45, 2.75) is 38.6 Å². The fourth-order valence-electron chi connectivity index (χ4n) is 2.43. The smallest absolute Gasteiger partial charge is 0.150 e. The van der Waals surface area contributed by atoms with Gasteiger partial charge in [0.05, 0.1) is 0 Å². The summed E-state index contributed by atoms with van der Waals surface area (Å²) in [5.74, 6) is 0. The van der Waals surface area contributed by atoms with Crippen molar-refractivity contribution in [3.05, 3.63) is 29.3 Å². The van der Waals surface area contributed by atoms with Gasteiger partial charge in [0.2, 0.25) is 0 Å². The maximum atomic E-state index is 10.8. The monoisotopic (exact) mass is 247 g/mol. The molecule has 0 unspecified atom stereocenters. The Kier molecular flexibility index (Phi) is 4.37. The maximum Gasteiger partial charge on any atom is 0.150 e. The molecule has 0 aliphatic heterocycles. The molecule has 3 nitrogen and oxygen atoms in total. The predicted molar refractivity (Wildman–Crippen MR) is 73.3 cm³/mol. The van der Waals surface area contributed by atoms with Crippen LogP contribution in [0.5, 0.6) is 0 Å². The molecule has 0 radical (unpaired) electrons. The summed E-state index contributed by atoms with van der Waals surface area (Å²) in [5.41, 5.74) is 2.96. The van der Waals surface area contributed by atoms with Crippen molar-refractivity contribution >= 4 is 12.0 Å². The van der Waals surface area contributed by atoms with E-state index in [-0.39, 0.29) is 6.61 Å². The zero-order valence-electron chi connectivity index (χ0n) is 10.9. The minimum absolute atomic E-state index is 0.231. The number of carbonyl (C=O) groups excluding carboxylic acids is 1. The van der Waals surface area contributed by atoms with Crippen LogP contribution >= 0.6 is 0 Å². The Morgan fingerprint density at radius 2 is 2.22 bits per heavy atom.